The third-order valence-electron chi connectivity index (χ3n) is 4.21. The zero-order valence-electron chi connectivity index (χ0n) is 10.5. The van der Waals surface area contributed by atoms with E-state index in [9.17, 15) is 0 Å². The number of rotatable bonds is 3. The Morgan fingerprint density at radius 3 is 2.69 bits per heavy atom. The van der Waals surface area contributed by atoms with E-state index in [0.29, 0.717) is 6.04 Å². The van der Waals surface area contributed by atoms with E-state index in [1.165, 1.54) is 38.8 Å². The van der Waals surface area contributed by atoms with Crippen LogP contribution in [-0.4, -0.2) is 43.8 Å². The summed E-state index contributed by atoms with van der Waals surface area (Å²) in [6.45, 7) is 7.60. The summed E-state index contributed by atoms with van der Waals surface area (Å²) in [6, 6.07) is 0.631. The summed E-state index contributed by atoms with van der Waals surface area (Å²) in [7, 11) is 0. The summed E-state index contributed by atoms with van der Waals surface area (Å²) in [5.74, 6) is 1.70. The van der Waals surface area contributed by atoms with Crippen molar-refractivity contribution in [3.63, 3.8) is 0 Å². The number of hydrogen-bond acceptors (Lipinski definition) is 3. The van der Waals surface area contributed by atoms with Gasteiger partial charge in [-0.05, 0) is 44.1 Å². The maximum absolute atomic E-state index is 5.89. The third kappa shape index (κ3) is 3.19. The molecule has 3 nitrogen and oxygen atoms in total. The summed E-state index contributed by atoms with van der Waals surface area (Å²) in [5, 5.41) is 0. The van der Waals surface area contributed by atoms with Gasteiger partial charge in [0.05, 0.1) is 0 Å². The fourth-order valence-corrected chi connectivity index (χ4v) is 3.05. The van der Waals surface area contributed by atoms with Gasteiger partial charge in [-0.1, -0.05) is 6.92 Å². The average molecular weight is 226 g/mol. The number of nitrogens with zero attached hydrogens (tertiary/aromatic N) is 1. The van der Waals surface area contributed by atoms with E-state index in [1.807, 2.05) is 0 Å². The summed E-state index contributed by atoms with van der Waals surface area (Å²) >= 11 is 0. The lowest BCUT2D eigenvalue weighted by Crippen LogP contribution is -2.48. The first-order chi connectivity index (χ1) is 7.79. The molecule has 2 N–H and O–H groups in total. The molecular weight excluding hydrogens is 200 g/mol. The smallest absolute Gasteiger partial charge is 0.0469 e. The van der Waals surface area contributed by atoms with Gasteiger partial charge in [0.15, 0.2) is 0 Å². The Bertz CT molecular complexity index is 204. The Kier molecular flexibility index (Phi) is 4.62. The van der Waals surface area contributed by atoms with Crippen LogP contribution < -0.4 is 5.73 Å². The minimum absolute atomic E-state index is 0.631. The van der Waals surface area contributed by atoms with Crippen molar-refractivity contribution in [2.45, 2.75) is 38.6 Å². The molecule has 0 aliphatic carbocycles. The first-order valence-corrected chi connectivity index (χ1v) is 6.81. The lowest BCUT2D eigenvalue weighted by atomic mass is 9.90. The van der Waals surface area contributed by atoms with Crippen molar-refractivity contribution in [2.24, 2.45) is 17.6 Å². The molecule has 2 aliphatic rings. The standard InChI is InChI=1S/C13H26N2O/c1-11-2-5-15(13(8-11)9-14)10-12-3-6-16-7-4-12/h11-13H,2-10,14H2,1H3. The lowest BCUT2D eigenvalue weighted by Gasteiger charge is -2.40. The van der Waals surface area contributed by atoms with Crippen LogP contribution in [0, 0.1) is 11.8 Å². The van der Waals surface area contributed by atoms with Gasteiger partial charge in [-0.3, -0.25) is 4.90 Å². The van der Waals surface area contributed by atoms with E-state index in [-0.39, 0.29) is 0 Å². The number of hydrogen-bond donors (Lipinski definition) is 1. The van der Waals surface area contributed by atoms with Crippen molar-refractivity contribution in [2.75, 3.05) is 32.8 Å². The van der Waals surface area contributed by atoms with Gasteiger partial charge in [-0.15, -0.1) is 0 Å². The predicted molar refractivity (Wildman–Crippen MR) is 66.4 cm³/mol. The molecule has 2 unspecified atom stereocenters. The van der Waals surface area contributed by atoms with Crippen LogP contribution in [0.2, 0.25) is 0 Å². The SMILES string of the molecule is CC1CCN(CC2CCOCC2)C(CN)C1. The Balaban J connectivity index is 1.82. The van der Waals surface area contributed by atoms with Crippen molar-refractivity contribution in [1.29, 1.82) is 0 Å². The second-order valence-corrected chi connectivity index (χ2v) is 5.57. The topological polar surface area (TPSA) is 38.5 Å². The highest BCUT2D eigenvalue weighted by atomic mass is 16.5. The van der Waals surface area contributed by atoms with Crippen LogP contribution in [0.25, 0.3) is 0 Å². The van der Waals surface area contributed by atoms with Crippen molar-refractivity contribution >= 4 is 0 Å². The van der Waals surface area contributed by atoms with Crippen LogP contribution in [-0.2, 0) is 4.74 Å². The van der Waals surface area contributed by atoms with E-state index < -0.39 is 0 Å². The molecule has 2 atom stereocenters. The van der Waals surface area contributed by atoms with Crippen LogP contribution in [0.1, 0.15) is 32.6 Å². The molecule has 2 saturated heterocycles. The minimum atomic E-state index is 0.631. The summed E-state index contributed by atoms with van der Waals surface area (Å²) in [6.07, 6.45) is 5.12. The minimum Gasteiger partial charge on any atom is -0.381 e. The molecule has 2 rings (SSSR count). The summed E-state index contributed by atoms with van der Waals surface area (Å²) < 4.78 is 5.42. The molecule has 2 fully saturated rings. The van der Waals surface area contributed by atoms with E-state index in [4.69, 9.17) is 10.5 Å². The van der Waals surface area contributed by atoms with Gasteiger partial charge in [-0.25, -0.2) is 0 Å². The molecule has 0 bridgehead atoms. The highest BCUT2D eigenvalue weighted by Crippen LogP contribution is 2.25. The van der Waals surface area contributed by atoms with Crippen molar-refractivity contribution in [1.82, 2.24) is 4.90 Å². The molecular formula is C13H26N2O. The first kappa shape index (κ1) is 12.3. The third-order valence-corrected chi connectivity index (χ3v) is 4.21. The maximum atomic E-state index is 5.89. The molecule has 3 heteroatoms. The van der Waals surface area contributed by atoms with Gasteiger partial charge in [0, 0.05) is 32.3 Å². The molecule has 0 saturated carbocycles. The summed E-state index contributed by atoms with van der Waals surface area (Å²) in [4.78, 5) is 2.63. The van der Waals surface area contributed by atoms with Crippen molar-refractivity contribution in [3.8, 4) is 0 Å². The molecule has 0 radical (unpaired) electrons. The molecule has 2 heterocycles. The summed E-state index contributed by atoms with van der Waals surface area (Å²) in [5.41, 5.74) is 5.89. The number of nitrogens with two attached hydrogens (primary N) is 1. The highest BCUT2D eigenvalue weighted by Gasteiger charge is 2.27. The molecule has 0 aromatic heterocycles. The fourth-order valence-electron chi connectivity index (χ4n) is 3.05. The van der Waals surface area contributed by atoms with Crippen LogP contribution >= 0.6 is 0 Å². The lowest BCUT2D eigenvalue weighted by molar-refractivity contribution is 0.0343. The number of piperidine rings is 1. The van der Waals surface area contributed by atoms with E-state index in [0.717, 1.165) is 31.6 Å². The zero-order valence-corrected chi connectivity index (χ0v) is 10.5. The normalized spacial score (nSPS) is 34.1. The van der Waals surface area contributed by atoms with Crippen LogP contribution in [0.4, 0.5) is 0 Å². The van der Waals surface area contributed by atoms with Crippen molar-refractivity contribution < 1.29 is 4.74 Å². The van der Waals surface area contributed by atoms with Crippen LogP contribution in [0.15, 0.2) is 0 Å². The van der Waals surface area contributed by atoms with Gasteiger partial charge < -0.3 is 10.5 Å². The molecule has 0 aromatic rings. The highest BCUT2D eigenvalue weighted by molar-refractivity contribution is 4.82. The van der Waals surface area contributed by atoms with Crippen molar-refractivity contribution in [3.05, 3.63) is 0 Å². The Labute approximate surface area is 99.3 Å². The fraction of sp³-hybridized carbons (Fsp3) is 1.00. The first-order valence-electron chi connectivity index (χ1n) is 6.81. The zero-order chi connectivity index (χ0) is 11.4. The Morgan fingerprint density at radius 2 is 2.00 bits per heavy atom. The maximum Gasteiger partial charge on any atom is 0.0469 e. The quantitative estimate of drug-likeness (QED) is 0.792. The predicted octanol–water partition coefficient (Wildman–Crippen LogP) is 1.47. The number of likely N-dealkylation sites (tertiary alicyclic amines) is 1. The number of ether oxygens (including phenoxy) is 1. The van der Waals surface area contributed by atoms with Gasteiger partial charge >= 0.3 is 0 Å². The monoisotopic (exact) mass is 226 g/mol. The molecule has 2 aliphatic heterocycles. The van der Waals surface area contributed by atoms with E-state index in [1.54, 1.807) is 0 Å². The Hall–Kier alpha value is -0.120. The van der Waals surface area contributed by atoms with E-state index in [2.05, 4.69) is 11.8 Å². The van der Waals surface area contributed by atoms with Crippen LogP contribution in [0.3, 0.4) is 0 Å². The second-order valence-electron chi connectivity index (χ2n) is 5.57. The van der Waals surface area contributed by atoms with Crippen LogP contribution in [0.5, 0.6) is 0 Å². The molecule has 0 amide bonds. The second kappa shape index (κ2) is 5.99. The molecule has 0 aromatic carbocycles. The van der Waals surface area contributed by atoms with E-state index >= 15 is 0 Å². The molecule has 0 spiro atoms. The van der Waals surface area contributed by atoms with Gasteiger partial charge in [0.2, 0.25) is 0 Å². The van der Waals surface area contributed by atoms with Gasteiger partial charge in [0.1, 0.15) is 0 Å². The largest absolute Gasteiger partial charge is 0.381 e. The Morgan fingerprint density at radius 1 is 1.25 bits per heavy atom. The van der Waals surface area contributed by atoms with Gasteiger partial charge in [-0.2, -0.15) is 0 Å². The average Bonchev–Trinajstić information content (AvgIpc) is 2.33. The molecule has 94 valence electrons. The molecule has 16 heavy (non-hydrogen) atoms. The van der Waals surface area contributed by atoms with Gasteiger partial charge in [0.25, 0.3) is 0 Å².